The molecule has 0 saturated carbocycles. The van der Waals surface area contributed by atoms with Gasteiger partial charge in [0.15, 0.2) is 5.65 Å². The van der Waals surface area contributed by atoms with Crippen LogP contribution in [-0.2, 0) is 0 Å². The first kappa shape index (κ1) is 17.4. The monoisotopic (exact) mass is 419 g/mol. The van der Waals surface area contributed by atoms with E-state index in [2.05, 4.69) is 67.2 Å². The normalized spacial score (nSPS) is 10.9. The summed E-state index contributed by atoms with van der Waals surface area (Å²) in [6.07, 6.45) is 1.45. The molecule has 0 aliphatic heterocycles. The van der Waals surface area contributed by atoms with Crippen molar-refractivity contribution in [3.8, 4) is 22.4 Å². The summed E-state index contributed by atoms with van der Waals surface area (Å²) in [5, 5.41) is 0.751. The molecule has 2 N–H and O–H groups in total. The second-order valence-electron chi connectivity index (χ2n) is 6.47. The third kappa shape index (κ3) is 3.36. The lowest BCUT2D eigenvalue weighted by atomic mass is 9.98. The number of aromatic nitrogens is 3. The number of pyridine rings is 1. The van der Waals surface area contributed by atoms with Gasteiger partial charge in [0.1, 0.15) is 12.1 Å². The zero-order valence-electron chi connectivity index (χ0n) is 15.0. The lowest BCUT2D eigenvalue weighted by Gasteiger charge is -2.15. The smallest absolute Gasteiger partial charge is 0.165 e. The van der Waals surface area contributed by atoms with Gasteiger partial charge in [0.25, 0.3) is 0 Å². The van der Waals surface area contributed by atoms with Crippen LogP contribution in [0.25, 0.3) is 33.4 Å². The Labute approximate surface area is 166 Å². The molecule has 0 spiro atoms. The molecule has 0 fully saturated rings. The van der Waals surface area contributed by atoms with Crippen LogP contribution in [0.15, 0.2) is 65.4 Å². The summed E-state index contributed by atoms with van der Waals surface area (Å²) in [5.41, 5.74) is 11.7. The lowest BCUT2D eigenvalue weighted by molar-refractivity contribution is 1.13. The van der Waals surface area contributed by atoms with Crippen molar-refractivity contribution in [1.29, 1.82) is 0 Å². The van der Waals surface area contributed by atoms with E-state index in [4.69, 9.17) is 10.7 Å². The Morgan fingerprint density at radius 2 is 1.70 bits per heavy atom. The standard InChI is InChI=1S/C21H18BrN5/c1-27(2)16-8-6-13(7-9-16)19-17(14-4-3-5-15(22)10-14)11-18-20(23)24-12-25-21(18)26-19/h3-12H,1-2H3,(H2,23,24,25,26). The van der Waals surface area contributed by atoms with Crippen molar-refractivity contribution in [1.82, 2.24) is 15.0 Å². The van der Waals surface area contributed by atoms with E-state index >= 15 is 0 Å². The van der Waals surface area contributed by atoms with Crippen molar-refractivity contribution in [2.75, 3.05) is 24.7 Å². The maximum absolute atomic E-state index is 6.07. The molecule has 0 amide bonds. The van der Waals surface area contributed by atoms with Crippen LogP contribution in [-0.4, -0.2) is 29.0 Å². The minimum absolute atomic E-state index is 0.429. The number of halogens is 1. The molecule has 2 heterocycles. The summed E-state index contributed by atoms with van der Waals surface area (Å²) in [5.74, 6) is 0.429. The van der Waals surface area contributed by atoms with Gasteiger partial charge in [-0.1, -0.05) is 40.2 Å². The Bertz CT molecular complexity index is 1120. The fraction of sp³-hybridized carbons (Fsp3) is 0.0952. The van der Waals surface area contributed by atoms with Crippen molar-refractivity contribution in [2.45, 2.75) is 0 Å². The Morgan fingerprint density at radius 3 is 2.41 bits per heavy atom. The fourth-order valence-corrected chi connectivity index (χ4v) is 3.42. The third-order valence-corrected chi connectivity index (χ3v) is 4.94. The number of rotatable bonds is 3. The average molecular weight is 420 g/mol. The molecule has 0 bridgehead atoms. The Hall–Kier alpha value is -2.99. The molecule has 0 unspecified atom stereocenters. The number of nitrogens with zero attached hydrogens (tertiary/aromatic N) is 4. The maximum Gasteiger partial charge on any atom is 0.165 e. The predicted octanol–water partition coefficient (Wildman–Crippen LogP) is 4.77. The molecule has 0 atom stereocenters. The van der Waals surface area contributed by atoms with Crippen molar-refractivity contribution in [3.63, 3.8) is 0 Å². The molecule has 134 valence electrons. The van der Waals surface area contributed by atoms with Crippen molar-refractivity contribution in [2.24, 2.45) is 0 Å². The molecule has 6 heteroatoms. The summed E-state index contributed by atoms with van der Waals surface area (Å²) in [7, 11) is 4.05. The van der Waals surface area contributed by atoms with Crippen LogP contribution < -0.4 is 10.6 Å². The molecular formula is C21H18BrN5. The molecule has 2 aromatic heterocycles. The Morgan fingerprint density at radius 1 is 0.926 bits per heavy atom. The quantitative estimate of drug-likeness (QED) is 0.517. The van der Waals surface area contributed by atoms with Crippen molar-refractivity contribution < 1.29 is 0 Å². The van der Waals surface area contributed by atoms with Crippen LogP contribution >= 0.6 is 15.9 Å². The van der Waals surface area contributed by atoms with Crippen LogP contribution in [0.4, 0.5) is 11.5 Å². The Kier molecular flexibility index (Phi) is 4.49. The van der Waals surface area contributed by atoms with Crippen molar-refractivity contribution in [3.05, 3.63) is 65.4 Å². The molecule has 4 aromatic rings. The topological polar surface area (TPSA) is 67.9 Å². The summed E-state index contributed by atoms with van der Waals surface area (Å²) in [6.45, 7) is 0. The summed E-state index contributed by atoms with van der Waals surface area (Å²) in [4.78, 5) is 15.3. The Balaban J connectivity index is 1.98. The molecule has 5 nitrogen and oxygen atoms in total. The van der Waals surface area contributed by atoms with Gasteiger partial charge >= 0.3 is 0 Å². The molecule has 0 aliphatic carbocycles. The maximum atomic E-state index is 6.07. The van der Waals surface area contributed by atoms with E-state index in [1.54, 1.807) is 0 Å². The number of nitrogen functional groups attached to an aromatic ring is 1. The number of fused-ring (bicyclic) bond motifs is 1. The summed E-state index contributed by atoms with van der Waals surface area (Å²) in [6, 6.07) is 18.5. The van der Waals surface area contributed by atoms with Gasteiger partial charge in [-0.3, -0.25) is 0 Å². The van der Waals surface area contributed by atoms with Gasteiger partial charge in [0, 0.05) is 35.4 Å². The number of hydrogen-bond donors (Lipinski definition) is 1. The fourth-order valence-electron chi connectivity index (χ4n) is 3.02. The highest BCUT2D eigenvalue weighted by molar-refractivity contribution is 9.10. The second-order valence-corrected chi connectivity index (χ2v) is 7.38. The average Bonchev–Trinajstić information content (AvgIpc) is 2.67. The van der Waals surface area contributed by atoms with E-state index in [0.29, 0.717) is 11.5 Å². The van der Waals surface area contributed by atoms with Crippen LogP contribution in [0.5, 0.6) is 0 Å². The second kappa shape index (κ2) is 6.96. The highest BCUT2D eigenvalue weighted by atomic mass is 79.9. The van der Waals surface area contributed by atoms with E-state index in [1.807, 2.05) is 32.3 Å². The van der Waals surface area contributed by atoms with E-state index in [0.717, 1.165) is 37.9 Å². The van der Waals surface area contributed by atoms with E-state index < -0.39 is 0 Å². The van der Waals surface area contributed by atoms with Gasteiger partial charge in [0.2, 0.25) is 0 Å². The van der Waals surface area contributed by atoms with Crippen LogP contribution in [0.3, 0.4) is 0 Å². The first-order valence-electron chi connectivity index (χ1n) is 8.48. The third-order valence-electron chi connectivity index (χ3n) is 4.45. The molecule has 0 radical (unpaired) electrons. The molecule has 2 aromatic carbocycles. The van der Waals surface area contributed by atoms with Gasteiger partial charge in [-0.2, -0.15) is 0 Å². The first-order chi connectivity index (χ1) is 13.0. The van der Waals surface area contributed by atoms with Crippen LogP contribution in [0.2, 0.25) is 0 Å². The van der Waals surface area contributed by atoms with Crippen LogP contribution in [0, 0.1) is 0 Å². The minimum Gasteiger partial charge on any atom is -0.383 e. The van der Waals surface area contributed by atoms with Crippen molar-refractivity contribution >= 4 is 38.5 Å². The number of benzene rings is 2. The van der Waals surface area contributed by atoms with Gasteiger partial charge in [-0.15, -0.1) is 0 Å². The van der Waals surface area contributed by atoms with E-state index in [1.165, 1.54) is 6.33 Å². The summed E-state index contributed by atoms with van der Waals surface area (Å²) >= 11 is 3.55. The zero-order valence-corrected chi connectivity index (χ0v) is 16.6. The first-order valence-corrected chi connectivity index (χ1v) is 9.27. The molecule has 27 heavy (non-hydrogen) atoms. The number of hydrogen-bond acceptors (Lipinski definition) is 5. The highest BCUT2D eigenvalue weighted by Gasteiger charge is 2.14. The zero-order chi connectivity index (χ0) is 19.0. The van der Waals surface area contributed by atoms with E-state index in [-0.39, 0.29) is 0 Å². The lowest BCUT2D eigenvalue weighted by Crippen LogP contribution is -2.08. The molecule has 0 aliphatic rings. The highest BCUT2D eigenvalue weighted by Crippen LogP contribution is 2.35. The molecule has 4 rings (SSSR count). The van der Waals surface area contributed by atoms with E-state index in [9.17, 15) is 0 Å². The molecule has 0 saturated heterocycles. The largest absolute Gasteiger partial charge is 0.383 e. The predicted molar refractivity (Wildman–Crippen MR) is 115 cm³/mol. The number of nitrogens with two attached hydrogens (primary N) is 1. The minimum atomic E-state index is 0.429. The van der Waals surface area contributed by atoms with Gasteiger partial charge < -0.3 is 10.6 Å². The SMILES string of the molecule is CN(C)c1ccc(-c2nc3ncnc(N)c3cc2-c2cccc(Br)c2)cc1. The van der Waals surface area contributed by atoms with Gasteiger partial charge in [-0.05, 0) is 35.9 Å². The van der Waals surface area contributed by atoms with Gasteiger partial charge in [-0.25, -0.2) is 15.0 Å². The van der Waals surface area contributed by atoms with Gasteiger partial charge in [0.05, 0.1) is 11.1 Å². The molecular weight excluding hydrogens is 402 g/mol. The summed E-state index contributed by atoms with van der Waals surface area (Å²) < 4.78 is 1.01. The van der Waals surface area contributed by atoms with Crippen LogP contribution in [0.1, 0.15) is 0 Å². The number of anilines is 2.